The van der Waals surface area contributed by atoms with E-state index in [1.165, 1.54) is 5.57 Å². The Labute approximate surface area is 210 Å². The number of hydrogen-bond acceptors (Lipinski definition) is 4. The highest BCUT2D eigenvalue weighted by Gasteiger charge is 2.77. The van der Waals surface area contributed by atoms with Crippen LogP contribution in [0.3, 0.4) is 0 Å². The van der Waals surface area contributed by atoms with Crippen LogP contribution in [0.1, 0.15) is 93.4 Å². The number of aliphatic hydroxyl groups excluding tert-OH is 1. The smallest absolute Gasteiger partial charge is 0.309 e. The molecule has 5 heteroatoms. The van der Waals surface area contributed by atoms with E-state index in [2.05, 4.69) is 41.5 Å². The van der Waals surface area contributed by atoms with E-state index in [-0.39, 0.29) is 62.8 Å². The molecule has 0 bridgehead atoms. The zero-order valence-corrected chi connectivity index (χ0v) is 22.6. The van der Waals surface area contributed by atoms with Crippen molar-refractivity contribution in [2.24, 2.45) is 50.2 Å². The lowest BCUT2D eigenvalue weighted by molar-refractivity contribution is -0.194. The molecule has 194 valence electrons. The lowest BCUT2D eigenvalue weighted by atomic mass is 9.33. The maximum absolute atomic E-state index is 14.3. The van der Waals surface area contributed by atoms with Crippen molar-refractivity contribution in [1.82, 2.24) is 0 Å². The number of allylic oxidation sites excluding steroid dienone is 2. The summed E-state index contributed by atoms with van der Waals surface area (Å²) in [5.41, 5.74) is -0.355. The Bertz CT molecular complexity index is 1050. The minimum absolute atomic E-state index is 0.0542. The minimum Gasteiger partial charge on any atom is -0.481 e. The number of carboxylic acids is 1. The van der Waals surface area contributed by atoms with Gasteiger partial charge in [0, 0.05) is 11.3 Å². The molecule has 0 aromatic heterocycles. The van der Waals surface area contributed by atoms with E-state index in [9.17, 15) is 19.8 Å². The van der Waals surface area contributed by atoms with Gasteiger partial charge in [0.1, 0.15) is 6.10 Å². The van der Waals surface area contributed by atoms with Crippen molar-refractivity contribution in [1.29, 1.82) is 0 Å². The Kier molecular flexibility index (Phi) is 4.57. The fourth-order valence-corrected chi connectivity index (χ4v) is 10.7. The first-order chi connectivity index (χ1) is 16.1. The molecule has 5 nitrogen and oxygen atoms in total. The summed E-state index contributed by atoms with van der Waals surface area (Å²) in [6.07, 6.45) is 7.63. The first-order valence-electron chi connectivity index (χ1n) is 13.9. The summed E-state index contributed by atoms with van der Waals surface area (Å²) in [6, 6.07) is 0. The largest absolute Gasteiger partial charge is 0.481 e. The third-order valence-corrected chi connectivity index (χ3v) is 13.4. The van der Waals surface area contributed by atoms with Gasteiger partial charge in [0.05, 0.1) is 17.6 Å². The summed E-state index contributed by atoms with van der Waals surface area (Å²) in [4.78, 5) is 26.6. The van der Waals surface area contributed by atoms with Gasteiger partial charge in [-0.3, -0.25) is 9.59 Å². The van der Waals surface area contributed by atoms with E-state index in [0.717, 1.165) is 32.1 Å². The molecule has 0 aromatic rings. The van der Waals surface area contributed by atoms with Gasteiger partial charge in [0.25, 0.3) is 0 Å². The maximum atomic E-state index is 14.3. The van der Waals surface area contributed by atoms with Crippen LogP contribution in [0.25, 0.3) is 0 Å². The van der Waals surface area contributed by atoms with E-state index in [1.54, 1.807) is 0 Å². The van der Waals surface area contributed by atoms with E-state index < -0.39 is 17.5 Å². The molecule has 1 heterocycles. The summed E-state index contributed by atoms with van der Waals surface area (Å²) in [5.74, 6) is -0.249. The van der Waals surface area contributed by atoms with Crippen LogP contribution in [0, 0.1) is 50.2 Å². The van der Waals surface area contributed by atoms with Crippen LogP contribution in [-0.2, 0) is 14.3 Å². The molecule has 0 radical (unpaired) electrons. The van der Waals surface area contributed by atoms with Crippen LogP contribution in [0.5, 0.6) is 0 Å². The zero-order chi connectivity index (χ0) is 25.6. The number of hydrogen-bond donors (Lipinski definition) is 2. The molecular weight excluding hydrogens is 440 g/mol. The summed E-state index contributed by atoms with van der Waals surface area (Å²) in [7, 11) is 0. The van der Waals surface area contributed by atoms with Gasteiger partial charge in [0.2, 0.25) is 0 Å². The van der Waals surface area contributed by atoms with Gasteiger partial charge in [0.15, 0.2) is 5.78 Å². The van der Waals surface area contributed by atoms with Gasteiger partial charge < -0.3 is 14.9 Å². The van der Waals surface area contributed by atoms with Crippen molar-refractivity contribution >= 4 is 11.8 Å². The Morgan fingerprint density at radius 2 is 1.66 bits per heavy atom. The van der Waals surface area contributed by atoms with Crippen LogP contribution >= 0.6 is 0 Å². The Morgan fingerprint density at radius 3 is 2.31 bits per heavy atom. The van der Waals surface area contributed by atoms with Crippen molar-refractivity contribution in [3.8, 4) is 0 Å². The normalized spacial score (nSPS) is 58.1. The minimum atomic E-state index is -0.730. The number of rotatable bonds is 1. The van der Waals surface area contributed by atoms with Gasteiger partial charge in [-0.1, -0.05) is 47.1 Å². The average Bonchev–Trinajstić information content (AvgIpc) is 3.57. The predicted octanol–water partition coefficient (Wildman–Crippen LogP) is 5.40. The van der Waals surface area contributed by atoms with Crippen molar-refractivity contribution in [3.63, 3.8) is 0 Å². The number of epoxide rings is 1. The summed E-state index contributed by atoms with van der Waals surface area (Å²) in [5, 5.41) is 21.1. The third-order valence-electron chi connectivity index (χ3n) is 13.4. The summed E-state index contributed by atoms with van der Waals surface area (Å²) < 4.78 is 6.18. The predicted molar refractivity (Wildman–Crippen MR) is 132 cm³/mol. The number of carbonyl (C=O) groups excluding carboxylic acids is 1. The van der Waals surface area contributed by atoms with Crippen LogP contribution in [0.4, 0.5) is 0 Å². The standard InChI is InChI=1S/C30H44O5/c1-25(2)19-8-9-29(6)21(30(19,7)23-20(35-23)22(25)32)18(31)14-16-17-15-27(4,24(33)34)11-10-26(17,3)12-13-28(16,29)5/h14,17,19-23,32H,8-13,15H2,1-7H3,(H,33,34)/t17?,19?,20-,21?,22-,23-,26-,27+,28-,29-,30+/m1/s1. The van der Waals surface area contributed by atoms with Crippen molar-refractivity contribution in [2.75, 3.05) is 0 Å². The number of fused-ring (bicyclic) bond motifs is 9. The topological polar surface area (TPSA) is 87.1 Å². The molecule has 4 saturated carbocycles. The number of carbonyl (C=O) groups is 2. The molecule has 6 rings (SSSR count). The number of ether oxygens (including phenoxy) is 1. The van der Waals surface area contributed by atoms with Gasteiger partial charge in [-0.05, 0) is 91.4 Å². The van der Waals surface area contributed by atoms with E-state index in [1.807, 2.05) is 13.0 Å². The van der Waals surface area contributed by atoms with E-state index in [4.69, 9.17) is 4.74 Å². The molecule has 5 fully saturated rings. The van der Waals surface area contributed by atoms with E-state index >= 15 is 0 Å². The molecule has 2 N–H and O–H groups in total. The monoisotopic (exact) mass is 484 g/mol. The maximum Gasteiger partial charge on any atom is 0.309 e. The second-order valence-corrected chi connectivity index (χ2v) is 15.2. The van der Waals surface area contributed by atoms with Gasteiger partial charge >= 0.3 is 5.97 Å². The molecular formula is C30H44O5. The SMILES string of the molecule is CC1(C)C2CC[C@]3(C)C(C(=O)C=C4C5C[C@@](C)(C(=O)O)CC[C@]5(C)CC[C@]43C)[C@@]2(C)[C@@H]2O[C@@H]2[C@H]1O. The summed E-state index contributed by atoms with van der Waals surface area (Å²) in [6.45, 7) is 15.6. The van der Waals surface area contributed by atoms with Gasteiger partial charge in [-0.15, -0.1) is 0 Å². The van der Waals surface area contributed by atoms with Crippen molar-refractivity contribution < 1.29 is 24.5 Å². The molecule has 35 heavy (non-hydrogen) atoms. The van der Waals surface area contributed by atoms with Crippen LogP contribution in [-0.4, -0.2) is 40.3 Å². The number of aliphatic hydroxyl groups is 1. The van der Waals surface area contributed by atoms with Gasteiger partial charge in [-0.2, -0.15) is 0 Å². The lowest BCUT2D eigenvalue weighted by Crippen LogP contribution is -2.68. The van der Waals surface area contributed by atoms with Crippen molar-refractivity contribution in [3.05, 3.63) is 11.6 Å². The number of ketones is 1. The van der Waals surface area contributed by atoms with Crippen LogP contribution in [0.2, 0.25) is 0 Å². The fraction of sp³-hybridized carbons (Fsp3) is 0.867. The molecule has 11 atom stereocenters. The highest BCUT2D eigenvalue weighted by molar-refractivity contribution is 5.96. The highest BCUT2D eigenvalue weighted by Crippen LogP contribution is 2.76. The Balaban J connectivity index is 1.48. The van der Waals surface area contributed by atoms with E-state index in [0.29, 0.717) is 12.8 Å². The van der Waals surface area contributed by atoms with Crippen LogP contribution in [0.15, 0.2) is 11.6 Å². The average molecular weight is 485 g/mol. The molecule has 0 aromatic carbocycles. The fourth-order valence-electron chi connectivity index (χ4n) is 10.7. The quantitative estimate of drug-likeness (QED) is 0.487. The molecule has 0 spiro atoms. The third kappa shape index (κ3) is 2.63. The van der Waals surface area contributed by atoms with Crippen molar-refractivity contribution in [2.45, 2.75) is 112 Å². The molecule has 5 aliphatic carbocycles. The first kappa shape index (κ1) is 24.2. The van der Waals surface area contributed by atoms with Crippen LogP contribution < -0.4 is 0 Å². The molecule has 6 aliphatic rings. The lowest BCUT2D eigenvalue weighted by Gasteiger charge is -2.69. The molecule has 0 amide bonds. The molecule has 1 aliphatic heterocycles. The molecule has 1 saturated heterocycles. The van der Waals surface area contributed by atoms with Gasteiger partial charge in [-0.25, -0.2) is 0 Å². The number of aliphatic carboxylic acids is 1. The first-order valence-corrected chi connectivity index (χ1v) is 13.9. The Morgan fingerprint density at radius 1 is 1.00 bits per heavy atom. The zero-order valence-electron chi connectivity index (χ0n) is 22.6. The molecule has 3 unspecified atom stereocenters. The highest BCUT2D eigenvalue weighted by atomic mass is 16.6. The Hall–Kier alpha value is -1.20. The second-order valence-electron chi connectivity index (χ2n) is 15.2. The summed E-state index contributed by atoms with van der Waals surface area (Å²) >= 11 is 0. The number of carboxylic acid groups (broad SMARTS) is 1. The second kappa shape index (κ2) is 6.62.